The molecule has 29 heavy (non-hydrogen) atoms. The van der Waals surface area contributed by atoms with Crippen LogP contribution in [0.5, 0.6) is 0 Å². The fraction of sp³-hybridized carbons (Fsp3) is 0.381. The molecule has 1 fully saturated rings. The zero-order valence-corrected chi connectivity index (χ0v) is 17.1. The van der Waals surface area contributed by atoms with E-state index in [1.54, 1.807) is 29.2 Å². The number of rotatable bonds is 8. The molecule has 0 saturated carbocycles. The number of halogens is 1. The summed E-state index contributed by atoms with van der Waals surface area (Å²) in [6.07, 6.45) is 1.64. The van der Waals surface area contributed by atoms with Crippen molar-refractivity contribution in [1.29, 1.82) is 0 Å². The summed E-state index contributed by atoms with van der Waals surface area (Å²) in [6.45, 7) is 3.32. The highest BCUT2D eigenvalue weighted by molar-refractivity contribution is 7.89. The van der Waals surface area contributed by atoms with Gasteiger partial charge < -0.3 is 9.64 Å². The maximum absolute atomic E-state index is 13.4. The zero-order valence-electron chi connectivity index (χ0n) is 16.3. The van der Waals surface area contributed by atoms with Gasteiger partial charge in [-0.05, 0) is 55.7 Å². The Kier molecular flexibility index (Phi) is 7.00. The highest BCUT2D eigenvalue weighted by atomic mass is 32.2. The van der Waals surface area contributed by atoms with Gasteiger partial charge in [-0.3, -0.25) is 4.79 Å². The van der Waals surface area contributed by atoms with Crippen LogP contribution < -0.4 is 4.72 Å². The summed E-state index contributed by atoms with van der Waals surface area (Å²) in [5.74, 6) is -0.677. The maximum atomic E-state index is 13.4. The van der Waals surface area contributed by atoms with Gasteiger partial charge in [-0.1, -0.05) is 18.2 Å². The van der Waals surface area contributed by atoms with Gasteiger partial charge in [0.2, 0.25) is 10.0 Å². The first kappa shape index (κ1) is 21.4. The molecule has 8 heteroatoms. The van der Waals surface area contributed by atoms with E-state index >= 15 is 0 Å². The molecule has 156 valence electrons. The standard InChI is InChI=1S/C21H25FN2O4S/c1-2-24(15-16-6-3-8-18(22)12-16)21(25)17-7-4-10-20(13-17)29(26,27)23-14-19-9-5-11-28-19/h3-4,6-8,10,12-13,19,23H,2,5,9,11,14-15H2,1H3/t19-/m0/s1. The van der Waals surface area contributed by atoms with Crippen LogP contribution in [0.3, 0.4) is 0 Å². The second kappa shape index (κ2) is 9.47. The van der Waals surface area contributed by atoms with Crippen molar-refractivity contribution in [1.82, 2.24) is 9.62 Å². The van der Waals surface area contributed by atoms with Crippen molar-refractivity contribution in [2.75, 3.05) is 19.7 Å². The minimum atomic E-state index is -3.75. The molecular weight excluding hydrogens is 395 g/mol. The molecule has 1 aliphatic rings. The minimum Gasteiger partial charge on any atom is -0.377 e. The van der Waals surface area contributed by atoms with Crippen LogP contribution in [0.4, 0.5) is 4.39 Å². The van der Waals surface area contributed by atoms with Crippen LogP contribution in [0.25, 0.3) is 0 Å². The molecule has 0 radical (unpaired) electrons. The van der Waals surface area contributed by atoms with Crippen molar-refractivity contribution < 1.29 is 22.3 Å². The van der Waals surface area contributed by atoms with Gasteiger partial charge in [0, 0.05) is 31.8 Å². The number of ether oxygens (including phenoxy) is 1. The molecule has 0 aromatic heterocycles. The van der Waals surface area contributed by atoms with Crippen LogP contribution in [-0.4, -0.2) is 45.0 Å². The van der Waals surface area contributed by atoms with Crippen LogP contribution in [0.1, 0.15) is 35.7 Å². The topological polar surface area (TPSA) is 75.7 Å². The van der Waals surface area contributed by atoms with Gasteiger partial charge in [0.15, 0.2) is 0 Å². The molecule has 3 rings (SSSR count). The molecule has 1 aliphatic heterocycles. The summed E-state index contributed by atoms with van der Waals surface area (Å²) >= 11 is 0. The number of amides is 1. The average molecular weight is 421 g/mol. The molecule has 0 spiro atoms. The Hall–Kier alpha value is -2.29. The van der Waals surface area contributed by atoms with E-state index in [0.29, 0.717) is 18.7 Å². The molecule has 1 N–H and O–H groups in total. The number of carbonyl (C=O) groups is 1. The lowest BCUT2D eigenvalue weighted by molar-refractivity contribution is 0.0752. The van der Waals surface area contributed by atoms with Crippen LogP contribution in [0, 0.1) is 5.82 Å². The normalized spacial score (nSPS) is 16.7. The molecule has 1 amide bonds. The van der Waals surface area contributed by atoms with E-state index in [1.807, 2.05) is 6.92 Å². The Balaban J connectivity index is 1.73. The molecular formula is C21H25FN2O4S. The third kappa shape index (κ3) is 5.62. The summed E-state index contributed by atoms with van der Waals surface area (Å²) < 4.78 is 46.6. The lowest BCUT2D eigenvalue weighted by Gasteiger charge is -2.21. The van der Waals surface area contributed by atoms with Crippen molar-refractivity contribution in [2.24, 2.45) is 0 Å². The van der Waals surface area contributed by atoms with Gasteiger partial charge in [0.1, 0.15) is 5.82 Å². The molecule has 1 saturated heterocycles. The number of sulfonamides is 1. The highest BCUT2D eigenvalue weighted by Gasteiger charge is 2.22. The molecule has 2 aromatic carbocycles. The van der Waals surface area contributed by atoms with Crippen molar-refractivity contribution >= 4 is 15.9 Å². The SMILES string of the molecule is CCN(Cc1cccc(F)c1)C(=O)c1cccc(S(=O)(=O)NC[C@@H]2CCCO2)c1. The molecule has 1 heterocycles. The highest BCUT2D eigenvalue weighted by Crippen LogP contribution is 2.17. The number of benzene rings is 2. The maximum Gasteiger partial charge on any atom is 0.254 e. The number of hydrogen-bond donors (Lipinski definition) is 1. The summed E-state index contributed by atoms with van der Waals surface area (Å²) in [7, 11) is -3.75. The third-order valence-corrected chi connectivity index (χ3v) is 6.27. The van der Waals surface area contributed by atoms with Gasteiger partial charge in [-0.15, -0.1) is 0 Å². The van der Waals surface area contributed by atoms with Gasteiger partial charge in [-0.25, -0.2) is 17.5 Å². The van der Waals surface area contributed by atoms with Crippen LogP contribution >= 0.6 is 0 Å². The predicted octanol–water partition coefficient (Wildman–Crippen LogP) is 2.95. The number of nitrogens with one attached hydrogen (secondary N) is 1. The van der Waals surface area contributed by atoms with Crippen molar-refractivity contribution in [3.8, 4) is 0 Å². The van der Waals surface area contributed by atoms with Crippen LogP contribution in [-0.2, 0) is 21.3 Å². The van der Waals surface area contributed by atoms with E-state index in [-0.39, 0.29) is 41.4 Å². The van der Waals surface area contributed by atoms with E-state index in [1.165, 1.54) is 24.3 Å². The summed E-state index contributed by atoms with van der Waals surface area (Å²) in [6, 6.07) is 12.0. The van der Waals surface area contributed by atoms with E-state index < -0.39 is 10.0 Å². The molecule has 1 atom stereocenters. The van der Waals surface area contributed by atoms with Gasteiger partial charge in [0.05, 0.1) is 11.0 Å². The first-order chi connectivity index (χ1) is 13.9. The average Bonchev–Trinajstić information content (AvgIpc) is 3.24. The predicted molar refractivity (Wildman–Crippen MR) is 107 cm³/mol. The number of nitrogens with zero attached hydrogens (tertiary/aromatic N) is 1. The lowest BCUT2D eigenvalue weighted by atomic mass is 10.1. The van der Waals surface area contributed by atoms with E-state index in [2.05, 4.69) is 4.72 Å². The quantitative estimate of drug-likeness (QED) is 0.713. The lowest BCUT2D eigenvalue weighted by Crippen LogP contribution is -2.32. The molecule has 0 aliphatic carbocycles. The number of hydrogen-bond acceptors (Lipinski definition) is 4. The van der Waals surface area contributed by atoms with E-state index in [9.17, 15) is 17.6 Å². The van der Waals surface area contributed by atoms with E-state index in [4.69, 9.17) is 4.74 Å². The summed E-state index contributed by atoms with van der Waals surface area (Å²) in [5, 5.41) is 0. The fourth-order valence-corrected chi connectivity index (χ4v) is 4.36. The Morgan fingerprint density at radius 1 is 1.24 bits per heavy atom. The first-order valence-corrected chi connectivity index (χ1v) is 11.1. The number of carbonyl (C=O) groups excluding carboxylic acids is 1. The van der Waals surface area contributed by atoms with Gasteiger partial charge in [0.25, 0.3) is 5.91 Å². The van der Waals surface area contributed by atoms with Crippen molar-refractivity contribution in [3.63, 3.8) is 0 Å². The molecule has 6 nitrogen and oxygen atoms in total. The first-order valence-electron chi connectivity index (χ1n) is 9.64. The monoisotopic (exact) mass is 420 g/mol. The van der Waals surface area contributed by atoms with Crippen molar-refractivity contribution in [3.05, 3.63) is 65.5 Å². The summed E-state index contributed by atoms with van der Waals surface area (Å²) in [4.78, 5) is 14.5. The largest absolute Gasteiger partial charge is 0.377 e. The van der Waals surface area contributed by atoms with E-state index in [0.717, 1.165) is 12.8 Å². The Morgan fingerprint density at radius 3 is 2.72 bits per heavy atom. The Morgan fingerprint density at radius 2 is 2.03 bits per heavy atom. The minimum absolute atomic E-state index is 0.0307. The Bertz CT molecular complexity index is 959. The van der Waals surface area contributed by atoms with Gasteiger partial charge in [-0.2, -0.15) is 0 Å². The van der Waals surface area contributed by atoms with Crippen LogP contribution in [0.2, 0.25) is 0 Å². The molecule has 2 aromatic rings. The second-order valence-electron chi connectivity index (χ2n) is 6.96. The Labute approximate surface area is 170 Å². The summed E-state index contributed by atoms with van der Waals surface area (Å²) in [5.41, 5.74) is 0.936. The molecule has 0 unspecified atom stereocenters. The van der Waals surface area contributed by atoms with Crippen molar-refractivity contribution in [2.45, 2.75) is 37.3 Å². The van der Waals surface area contributed by atoms with Gasteiger partial charge >= 0.3 is 0 Å². The smallest absolute Gasteiger partial charge is 0.254 e. The molecule has 0 bridgehead atoms. The zero-order chi connectivity index (χ0) is 20.9. The third-order valence-electron chi connectivity index (χ3n) is 4.85. The second-order valence-corrected chi connectivity index (χ2v) is 8.73. The fourth-order valence-electron chi connectivity index (χ4n) is 3.25. The van der Waals surface area contributed by atoms with Crippen LogP contribution in [0.15, 0.2) is 53.4 Å².